The second-order valence-electron chi connectivity index (χ2n) is 4.31. The standard InChI is InChI=1S/C16H18N2O2S/c17-9-10-20-14-6-4-5-13(11-14)18-16(19)12-21-15-7-2-1-3-8-15/h1-8,11H,9-10,12,17H2,(H,18,19). The molecule has 3 N–H and O–H groups in total. The third kappa shape index (κ3) is 5.49. The Morgan fingerprint density at radius 2 is 1.95 bits per heavy atom. The monoisotopic (exact) mass is 302 g/mol. The molecule has 0 radical (unpaired) electrons. The number of carbonyl (C=O) groups is 1. The number of ether oxygens (including phenoxy) is 1. The van der Waals surface area contributed by atoms with E-state index in [4.69, 9.17) is 10.5 Å². The third-order valence-corrected chi connectivity index (χ3v) is 3.63. The smallest absolute Gasteiger partial charge is 0.234 e. The maximum atomic E-state index is 11.9. The van der Waals surface area contributed by atoms with Gasteiger partial charge in [-0.15, -0.1) is 11.8 Å². The van der Waals surface area contributed by atoms with E-state index in [1.54, 1.807) is 6.07 Å². The van der Waals surface area contributed by atoms with Crippen LogP contribution in [0.2, 0.25) is 0 Å². The van der Waals surface area contributed by atoms with E-state index in [1.165, 1.54) is 11.8 Å². The summed E-state index contributed by atoms with van der Waals surface area (Å²) < 4.78 is 5.43. The van der Waals surface area contributed by atoms with Gasteiger partial charge in [0.05, 0.1) is 5.75 Å². The summed E-state index contributed by atoms with van der Waals surface area (Å²) in [5.41, 5.74) is 6.12. The van der Waals surface area contributed by atoms with E-state index in [2.05, 4.69) is 5.32 Å². The Hall–Kier alpha value is -1.98. The molecule has 0 atom stereocenters. The first-order valence-electron chi connectivity index (χ1n) is 6.68. The molecular weight excluding hydrogens is 284 g/mol. The lowest BCUT2D eigenvalue weighted by Gasteiger charge is -2.08. The highest BCUT2D eigenvalue weighted by atomic mass is 32.2. The number of benzene rings is 2. The molecule has 0 heterocycles. The van der Waals surface area contributed by atoms with Gasteiger partial charge in [-0.2, -0.15) is 0 Å². The Kier molecular flexibility index (Phi) is 6.12. The van der Waals surface area contributed by atoms with E-state index in [-0.39, 0.29) is 5.91 Å². The van der Waals surface area contributed by atoms with Crippen LogP contribution in [-0.4, -0.2) is 24.8 Å². The van der Waals surface area contributed by atoms with Gasteiger partial charge in [-0.05, 0) is 24.3 Å². The number of anilines is 1. The van der Waals surface area contributed by atoms with Crippen LogP contribution >= 0.6 is 11.8 Å². The molecule has 5 heteroatoms. The largest absolute Gasteiger partial charge is 0.492 e. The van der Waals surface area contributed by atoms with Crippen LogP contribution in [0.15, 0.2) is 59.5 Å². The molecule has 0 saturated heterocycles. The van der Waals surface area contributed by atoms with Gasteiger partial charge in [0.25, 0.3) is 0 Å². The summed E-state index contributed by atoms with van der Waals surface area (Å²) in [6.45, 7) is 0.922. The molecule has 0 aliphatic carbocycles. The number of nitrogens with two attached hydrogens (primary N) is 1. The number of rotatable bonds is 7. The normalized spacial score (nSPS) is 10.1. The van der Waals surface area contributed by atoms with Gasteiger partial charge in [0.1, 0.15) is 12.4 Å². The number of amides is 1. The molecule has 0 bridgehead atoms. The molecule has 0 aromatic heterocycles. The summed E-state index contributed by atoms with van der Waals surface area (Å²) in [4.78, 5) is 13.0. The molecule has 1 amide bonds. The van der Waals surface area contributed by atoms with Crippen molar-refractivity contribution >= 4 is 23.4 Å². The lowest BCUT2D eigenvalue weighted by molar-refractivity contribution is -0.113. The minimum Gasteiger partial charge on any atom is -0.492 e. The molecule has 110 valence electrons. The molecule has 21 heavy (non-hydrogen) atoms. The van der Waals surface area contributed by atoms with Crippen molar-refractivity contribution in [1.82, 2.24) is 0 Å². The van der Waals surface area contributed by atoms with Gasteiger partial charge in [-0.1, -0.05) is 24.3 Å². The first-order valence-corrected chi connectivity index (χ1v) is 7.67. The first-order chi connectivity index (χ1) is 10.3. The van der Waals surface area contributed by atoms with Crippen LogP contribution in [0.3, 0.4) is 0 Å². The first kappa shape index (κ1) is 15.4. The van der Waals surface area contributed by atoms with Crippen molar-refractivity contribution < 1.29 is 9.53 Å². The van der Waals surface area contributed by atoms with E-state index in [0.29, 0.717) is 24.7 Å². The maximum Gasteiger partial charge on any atom is 0.234 e. The van der Waals surface area contributed by atoms with Crippen LogP contribution in [0.25, 0.3) is 0 Å². The summed E-state index contributed by atoms with van der Waals surface area (Å²) in [5, 5.41) is 2.86. The van der Waals surface area contributed by atoms with Crippen molar-refractivity contribution in [3.05, 3.63) is 54.6 Å². The van der Waals surface area contributed by atoms with Crippen molar-refractivity contribution in [3.8, 4) is 5.75 Å². The summed E-state index contributed by atoms with van der Waals surface area (Å²) in [7, 11) is 0. The number of carbonyl (C=O) groups excluding carboxylic acids is 1. The number of hydrogen-bond acceptors (Lipinski definition) is 4. The van der Waals surface area contributed by atoms with E-state index >= 15 is 0 Å². The van der Waals surface area contributed by atoms with Gasteiger partial charge < -0.3 is 15.8 Å². The Labute approximate surface area is 128 Å². The van der Waals surface area contributed by atoms with Crippen molar-refractivity contribution in [2.75, 3.05) is 24.2 Å². The van der Waals surface area contributed by atoms with Crippen molar-refractivity contribution in [1.29, 1.82) is 0 Å². The minimum absolute atomic E-state index is 0.0418. The Bertz CT molecular complexity index is 575. The quantitative estimate of drug-likeness (QED) is 0.772. The summed E-state index contributed by atoms with van der Waals surface area (Å²) in [6, 6.07) is 17.1. The summed E-state index contributed by atoms with van der Waals surface area (Å²) >= 11 is 1.51. The molecular formula is C16H18N2O2S. The highest BCUT2D eigenvalue weighted by Gasteiger charge is 2.04. The van der Waals surface area contributed by atoms with E-state index < -0.39 is 0 Å². The fourth-order valence-corrected chi connectivity index (χ4v) is 2.42. The molecule has 0 spiro atoms. The van der Waals surface area contributed by atoms with Crippen molar-refractivity contribution in [3.63, 3.8) is 0 Å². The topological polar surface area (TPSA) is 64.3 Å². The average Bonchev–Trinajstić information content (AvgIpc) is 2.52. The van der Waals surface area contributed by atoms with Crippen LogP contribution in [0.4, 0.5) is 5.69 Å². The minimum atomic E-state index is -0.0418. The molecule has 2 rings (SSSR count). The second kappa shape index (κ2) is 8.34. The third-order valence-electron chi connectivity index (χ3n) is 2.62. The van der Waals surface area contributed by atoms with Crippen molar-refractivity contribution in [2.24, 2.45) is 5.73 Å². The molecule has 0 aliphatic heterocycles. The number of thioether (sulfide) groups is 1. The molecule has 0 fully saturated rings. The highest BCUT2D eigenvalue weighted by molar-refractivity contribution is 8.00. The van der Waals surface area contributed by atoms with Crippen LogP contribution in [0.5, 0.6) is 5.75 Å². The summed E-state index contributed by atoms with van der Waals surface area (Å²) in [5.74, 6) is 1.03. The van der Waals surface area contributed by atoms with Gasteiger partial charge in [0.2, 0.25) is 5.91 Å². The zero-order valence-electron chi connectivity index (χ0n) is 11.6. The lowest BCUT2D eigenvalue weighted by Crippen LogP contribution is -2.14. The van der Waals surface area contributed by atoms with Gasteiger partial charge in [0.15, 0.2) is 0 Å². The lowest BCUT2D eigenvalue weighted by atomic mass is 10.3. The zero-order valence-corrected chi connectivity index (χ0v) is 12.4. The zero-order chi connectivity index (χ0) is 14.9. The Balaban J connectivity index is 1.84. The number of nitrogens with one attached hydrogen (secondary N) is 1. The number of hydrogen-bond donors (Lipinski definition) is 2. The Morgan fingerprint density at radius 1 is 1.14 bits per heavy atom. The fourth-order valence-electron chi connectivity index (χ4n) is 1.70. The fraction of sp³-hybridized carbons (Fsp3) is 0.188. The molecule has 0 saturated carbocycles. The Morgan fingerprint density at radius 3 is 2.71 bits per heavy atom. The van der Waals surface area contributed by atoms with Crippen LogP contribution in [-0.2, 0) is 4.79 Å². The second-order valence-corrected chi connectivity index (χ2v) is 5.36. The van der Waals surface area contributed by atoms with Crippen LogP contribution in [0, 0.1) is 0 Å². The highest BCUT2D eigenvalue weighted by Crippen LogP contribution is 2.19. The van der Waals surface area contributed by atoms with E-state index in [1.807, 2.05) is 48.5 Å². The summed E-state index contributed by atoms with van der Waals surface area (Å²) in [6.07, 6.45) is 0. The van der Waals surface area contributed by atoms with E-state index in [9.17, 15) is 4.79 Å². The predicted octanol–water partition coefficient (Wildman–Crippen LogP) is 2.75. The molecule has 2 aromatic carbocycles. The molecule has 2 aromatic rings. The molecule has 0 unspecified atom stereocenters. The molecule has 0 aliphatic rings. The average molecular weight is 302 g/mol. The van der Waals surface area contributed by atoms with Crippen LogP contribution in [0.1, 0.15) is 0 Å². The van der Waals surface area contributed by atoms with Gasteiger partial charge >= 0.3 is 0 Å². The van der Waals surface area contributed by atoms with Crippen molar-refractivity contribution in [2.45, 2.75) is 4.90 Å². The predicted molar refractivity (Wildman–Crippen MR) is 86.8 cm³/mol. The SMILES string of the molecule is NCCOc1cccc(NC(=O)CSc2ccccc2)c1. The van der Waals surface area contributed by atoms with Crippen LogP contribution < -0.4 is 15.8 Å². The maximum absolute atomic E-state index is 11.9. The van der Waals surface area contributed by atoms with E-state index in [0.717, 1.165) is 10.6 Å². The molecule has 4 nitrogen and oxygen atoms in total. The van der Waals surface area contributed by atoms with Gasteiger partial charge in [-0.25, -0.2) is 0 Å². The van der Waals surface area contributed by atoms with Gasteiger partial charge in [-0.3, -0.25) is 4.79 Å². The van der Waals surface area contributed by atoms with Gasteiger partial charge in [0, 0.05) is 23.2 Å².